The summed E-state index contributed by atoms with van der Waals surface area (Å²) in [5, 5.41) is 0. The van der Waals surface area contributed by atoms with Gasteiger partial charge < -0.3 is 18.9 Å². The summed E-state index contributed by atoms with van der Waals surface area (Å²) in [4.78, 5) is 0. The van der Waals surface area contributed by atoms with Crippen LogP contribution in [-0.2, 0) is 0 Å². The molecular formula is C61H44O4. The maximum absolute atomic E-state index is 6.86. The molecule has 312 valence electrons. The predicted octanol–water partition coefficient (Wildman–Crippen LogP) is 17.0. The highest BCUT2D eigenvalue weighted by Crippen LogP contribution is 2.46. The second-order valence-corrected chi connectivity index (χ2v) is 15.6. The quantitative estimate of drug-likeness (QED) is 0.102. The molecule has 0 fully saturated rings. The van der Waals surface area contributed by atoms with Crippen LogP contribution < -0.4 is 18.9 Å². The lowest BCUT2D eigenvalue weighted by Gasteiger charge is -2.26. The SMILES string of the molecule is c1ccc(Oc2ccc(-c3ccc(Oc4ccccc4)c(C(c4ccc(-c5ccccc5)cc4)c4cc(-c5ccc(Oc6ccccc6)cc5)ccc4Oc4ccccc4)c3)cc2)cc1. The van der Waals surface area contributed by atoms with Crippen LogP contribution in [0.2, 0.25) is 0 Å². The number of para-hydroxylation sites is 4. The zero-order valence-electron chi connectivity index (χ0n) is 35.5. The van der Waals surface area contributed by atoms with Gasteiger partial charge in [-0.3, -0.25) is 0 Å². The van der Waals surface area contributed by atoms with Crippen LogP contribution in [0.15, 0.2) is 261 Å². The van der Waals surface area contributed by atoms with Crippen molar-refractivity contribution in [1.29, 1.82) is 0 Å². The summed E-state index contributed by atoms with van der Waals surface area (Å²) in [5.74, 6) is 5.72. The summed E-state index contributed by atoms with van der Waals surface area (Å²) in [6, 6.07) is 88.4. The molecule has 0 aliphatic carbocycles. The first-order valence-corrected chi connectivity index (χ1v) is 21.7. The third-order valence-corrected chi connectivity index (χ3v) is 11.3. The molecule has 4 heteroatoms. The summed E-state index contributed by atoms with van der Waals surface area (Å²) in [6.07, 6.45) is 0. The molecule has 10 aromatic carbocycles. The third kappa shape index (κ3) is 9.73. The molecule has 0 spiro atoms. The van der Waals surface area contributed by atoms with E-state index in [2.05, 4.69) is 109 Å². The number of ether oxygens (including phenoxy) is 4. The average molecular weight is 841 g/mol. The number of hydrogen-bond acceptors (Lipinski definition) is 4. The van der Waals surface area contributed by atoms with Gasteiger partial charge in [0.05, 0.1) is 0 Å². The predicted molar refractivity (Wildman–Crippen MR) is 263 cm³/mol. The fourth-order valence-corrected chi connectivity index (χ4v) is 8.03. The second-order valence-electron chi connectivity index (χ2n) is 15.6. The van der Waals surface area contributed by atoms with Gasteiger partial charge in [0, 0.05) is 17.0 Å². The number of rotatable bonds is 14. The molecule has 0 unspecified atom stereocenters. The average Bonchev–Trinajstić information content (AvgIpc) is 3.37. The molecule has 0 aromatic heterocycles. The monoisotopic (exact) mass is 840 g/mol. The van der Waals surface area contributed by atoms with E-state index in [9.17, 15) is 0 Å². The maximum atomic E-state index is 6.86. The van der Waals surface area contributed by atoms with Crippen molar-refractivity contribution in [1.82, 2.24) is 0 Å². The number of hydrogen-bond donors (Lipinski definition) is 0. The molecule has 10 aromatic rings. The fourth-order valence-electron chi connectivity index (χ4n) is 8.03. The van der Waals surface area contributed by atoms with Gasteiger partial charge in [0.1, 0.15) is 46.0 Å². The van der Waals surface area contributed by atoms with E-state index in [-0.39, 0.29) is 5.92 Å². The van der Waals surface area contributed by atoms with E-state index >= 15 is 0 Å². The Bertz CT molecular complexity index is 2910. The molecule has 0 aliphatic heterocycles. The molecule has 0 bridgehead atoms. The highest BCUT2D eigenvalue weighted by molar-refractivity contribution is 5.72. The van der Waals surface area contributed by atoms with Crippen molar-refractivity contribution in [3.63, 3.8) is 0 Å². The summed E-state index contributed by atoms with van der Waals surface area (Å²) in [6.45, 7) is 0. The Hall–Kier alpha value is -8.60. The Labute approximate surface area is 380 Å². The highest BCUT2D eigenvalue weighted by atomic mass is 16.5. The van der Waals surface area contributed by atoms with Crippen molar-refractivity contribution < 1.29 is 18.9 Å². The fraction of sp³-hybridized carbons (Fsp3) is 0.0164. The molecule has 0 saturated carbocycles. The molecule has 0 atom stereocenters. The highest BCUT2D eigenvalue weighted by Gasteiger charge is 2.27. The van der Waals surface area contributed by atoms with Crippen LogP contribution in [0.3, 0.4) is 0 Å². The second kappa shape index (κ2) is 19.2. The maximum Gasteiger partial charge on any atom is 0.131 e. The lowest BCUT2D eigenvalue weighted by Crippen LogP contribution is -2.08. The van der Waals surface area contributed by atoms with Gasteiger partial charge in [-0.25, -0.2) is 0 Å². The van der Waals surface area contributed by atoms with E-state index in [4.69, 9.17) is 18.9 Å². The van der Waals surface area contributed by atoms with Gasteiger partial charge in [0.25, 0.3) is 0 Å². The first kappa shape index (κ1) is 40.5. The van der Waals surface area contributed by atoms with E-state index in [1.807, 2.05) is 152 Å². The van der Waals surface area contributed by atoms with Gasteiger partial charge in [-0.2, -0.15) is 0 Å². The van der Waals surface area contributed by atoms with E-state index < -0.39 is 0 Å². The van der Waals surface area contributed by atoms with Crippen LogP contribution in [0, 0.1) is 0 Å². The minimum absolute atomic E-state index is 0.349. The molecule has 0 heterocycles. The van der Waals surface area contributed by atoms with Gasteiger partial charge in [-0.15, -0.1) is 0 Å². The largest absolute Gasteiger partial charge is 0.457 e. The Morgan fingerprint density at radius 1 is 0.215 bits per heavy atom. The van der Waals surface area contributed by atoms with Crippen LogP contribution in [0.5, 0.6) is 46.0 Å². The smallest absolute Gasteiger partial charge is 0.131 e. The lowest BCUT2D eigenvalue weighted by atomic mass is 9.81. The summed E-state index contributed by atoms with van der Waals surface area (Å²) in [7, 11) is 0. The zero-order chi connectivity index (χ0) is 43.6. The zero-order valence-corrected chi connectivity index (χ0v) is 35.5. The van der Waals surface area contributed by atoms with E-state index in [0.29, 0.717) is 0 Å². The van der Waals surface area contributed by atoms with Crippen molar-refractivity contribution in [3.8, 4) is 79.4 Å². The van der Waals surface area contributed by atoms with Crippen LogP contribution in [0.1, 0.15) is 22.6 Å². The third-order valence-electron chi connectivity index (χ3n) is 11.3. The van der Waals surface area contributed by atoms with Gasteiger partial charge >= 0.3 is 0 Å². The van der Waals surface area contributed by atoms with Crippen LogP contribution in [0.25, 0.3) is 33.4 Å². The lowest BCUT2D eigenvalue weighted by molar-refractivity contribution is 0.467. The standard InChI is InChI=1S/C61H44O4/c1-6-16-44(17-7-1)45-26-28-48(29-27-45)61(57-42-49(34-40-59(57)64-53-22-12-4-13-23-53)46-30-36-55(37-31-46)62-51-18-8-2-9-19-51)58-43-50(35-41-60(58)65-54-24-14-5-15-25-54)47-32-38-56(39-33-47)63-52-20-10-3-11-21-52/h1-43,61H. The summed E-state index contributed by atoms with van der Waals surface area (Å²) in [5.41, 5.74) is 9.48. The molecule has 4 nitrogen and oxygen atoms in total. The van der Waals surface area contributed by atoms with Gasteiger partial charge in [-0.05, 0) is 136 Å². The molecular weight excluding hydrogens is 797 g/mol. The normalized spacial score (nSPS) is 10.9. The topological polar surface area (TPSA) is 36.9 Å². The van der Waals surface area contributed by atoms with Crippen molar-refractivity contribution in [2.24, 2.45) is 0 Å². The van der Waals surface area contributed by atoms with Crippen LogP contribution in [0.4, 0.5) is 0 Å². The minimum Gasteiger partial charge on any atom is -0.457 e. The van der Waals surface area contributed by atoms with Crippen molar-refractivity contribution in [2.75, 3.05) is 0 Å². The molecule has 10 rings (SSSR count). The van der Waals surface area contributed by atoms with E-state index in [1.54, 1.807) is 0 Å². The van der Waals surface area contributed by atoms with Gasteiger partial charge in [0.2, 0.25) is 0 Å². The minimum atomic E-state index is -0.349. The molecule has 0 saturated heterocycles. The first-order valence-electron chi connectivity index (χ1n) is 21.7. The Morgan fingerprint density at radius 3 is 0.877 bits per heavy atom. The molecule has 65 heavy (non-hydrogen) atoms. The van der Waals surface area contributed by atoms with Gasteiger partial charge in [-0.1, -0.05) is 164 Å². The summed E-state index contributed by atoms with van der Waals surface area (Å²) >= 11 is 0. The molecule has 0 N–H and O–H groups in total. The van der Waals surface area contributed by atoms with Gasteiger partial charge in [0.15, 0.2) is 0 Å². The van der Waals surface area contributed by atoms with Crippen molar-refractivity contribution in [3.05, 3.63) is 278 Å². The van der Waals surface area contributed by atoms with Crippen LogP contribution >= 0.6 is 0 Å². The molecule has 0 amide bonds. The number of benzene rings is 10. The first-order chi connectivity index (χ1) is 32.2. The summed E-state index contributed by atoms with van der Waals surface area (Å²) < 4.78 is 26.1. The van der Waals surface area contributed by atoms with E-state index in [0.717, 1.165) is 96.1 Å². The Kier molecular flexibility index (Phi) is 12.0. The van der Waals surface area contributed by atoms with Crippen molar-refractivity contribution >= 4 is 0 Å². The van der Waals surface area contributed by atoms with E-state index in [1.165, 1.54) is 0 Å². The van der Waals surface area contributed by atoms with Crippen molar-refractivity contribution in [2.45, 2.75) is 5.92 Å². The Balaban J connectivity index is 1.13. The molecule has 0 aliphatic rings. The molecule has 0 radical (unpaired) electrons. The Morgan fingerprint density at radius 2 is 0.492 bits per heavy atom. The van der Waals surface area contributed by atoms with Crippen LogP contribution in [-0.4, -0.2) is 0 Å².